The lowest BCUT2D eigenvalue weighted by Gasteiger charge is -2.18. The molecule has 0 saturated heterocycles. The Morgan fingerprint density at radius 3 is 2.05 bits per heavy atom. The molecule has 0 saturated carbocycles. The molecule has 2 rings (SSSR count). The molecule has 0 aromatic heterocycles. The zero-order valence-corrected chi connectivity index (χ0v) is 14.1. The van der Waals surface area contributed by atoms with E-state index in [4.69, 9.17) is 9.47 Å². The lowest BCUT2D eigenvalue weighted by atomic mass is 10.0. The van der Waals surface area contributed by atoms with Gasteiger partial charge in [0, 0.05) is 15.2 Å². The van der Waals surface area contributed by atoms with Crippen molar-refractivity contribution in [1.29, 1.82) is 0 Å². The van der Waals surface area contributed by atoms with Crippen molar-refractivity contribution in [3.05, 3.63) is 42.5 Å². The van der Waals surface area contributed by atoms with Gasteiger partial charge in [0.25, 0.3) is 0 Å². The van der Waals surface area contributed by atoms with Crippen LogP contribution in [0.25, 0.3) is 11.1 Å². The molecule has 0 radical (unpaired) electrons. The van der Waals surface area contributed by atoms with Gasteiger partial charge in [-0.3, -0.25) is 0 Å². The number of ether oxygens (including phenoxy) is 2. The summed E-state index contributed by atoms with van der Waals surface area (Å²) in [6, 6.07) is 14.4. The summed E-state index contributed by atoms with van der Waals surface area (Å²) in [4.78, 5) is 1.27. The van der Waals surface area contributed by atoms with Crippen LogP contribution in [-0.4, -0.2) is 19.0 Å². The van der Waals surface area contributed by atoms with Gasteiger partial charge in [0.2, 0.25) is 0 Å². The predicted molar refractivity (Wildman–Crippen MR) is 90.6 cm³/mol. The highest BCUT2D eigenvalue weighted by Gasteiger charge is 2.13. The molecule has 2 aromatic rings. The Morgan fingerprint density at radius 2 is 1.52 bits per heavy atom. The number of hydrogen-bond acceptors (Lipinski definition) is 3. The highest BCUT2D eigenvalue weighted by molar-refractivity contribution is 8.00. The highest BCUT2D eigenvalue weighted by atomic mass is 32.2. The lowest BCUT2D eigenvalue weighted by Crippen LogP contribution is -2.06. The van der Waals surface area contributed by atoms with E-state index in [0.717, 1.165) is 22.6 Å². The number of hydrogen-bond donors (Lipinski definition) is 0. The summed E-state index contributed by atoms with van der Waals surface area (Å²) in [5.41, 5.74) is 2.17. The molecule has 3 heteroatoms. The summed E-state index contributed by atoms with van der Waals surface area (Å²) in [5, 5.41) is 0. The van der Waals surface area contributed by atoms with E-state index in [1.165, 1.54) is 4.90 Å². The van der Waals surface area contributed by atoms with Crippen LogP contribution < -0.4 is 9.47 Å². The SMILES string of the molecule is COc1ccc(OC)c(-c2ccc(SC(C)(C)C)cc2)c1. The molecule has 0 spiro atoms. The number of methoxy groups -OCH3 is 2. The van der Waals surface area contributed by atoms with Gasteiger partial charge in [-0.25, -0.2) is 0 Å². The average Bonchev–Trinajstić information content (AvgIpc) is 2.45. The van der Waals surface area contributed by atoms with Crippen molar-refractivity contribution in [2.45, 2.75) is 30.4 Å². The molecule has 0 aliphatic rings. The smallest absolute Gasteiger partial charge is 0.126 e. The number of rotatable bonds is 4. The maximum Gasteiger partial charge on any atom is 0.126 e. The fourth-order valence-corrected chi connectivity index (χ4v) is 3.08. The first-order valence-corrected chi connectivity index (χ1v) is 7.76. The lowest BCUT2D eigenvalue weighted by molar-refractivity contribution is 0.404. The quantitative estimate of drug-likeness (QED) is 0.718. The second kappa shape index (κ2) is 6.44. The second-order valence-corrected chi connectivity index (χ2v) is 7.71. The summed E-state index contributed by atoms with van der Waals surface area (Å²) in [6.07, 6.45) is 0. The molecule has 2 nitrogen and oxygen atoms in total. The van der Waals surface area contributed by atoms with E-state index in [1.54, 1.807) is 14.2 Å². The molecule has 0 fully saturated rings. The van der Waals surface area contributed by atoms with Gasteiger partial charge in [0.1, 0.15) is 11.5 Å². The van der Waals surface area contributed by atoms with E-state index in [-0.39, 0.29) is 4.75 Å². The van der Waals surface area contributed by atoms with Crippen LogP contribution in [0.5, 0.6) is 11.5 Å². The van der Waals surface area contributed by atoms with Crippen molar-refractivity contribution in [2.24, 2.45) is 0 Å². The van der Waals surface area contributed by atoms with Gasteiger partial charge >= 0.3 is 0 Å². The molecule has 21 heavy (non-hydrogen) atoms. The highest BCUT2D eigenvalue weighted by Crippen LogP contribution is 2.36. The summed E-state index contributed by atoms with van der Waals surface area (Å²) in [7, 11) is 3.36. The van der Waals surface area contributed by atoms with Crippen molar-refractivity contribution in [2.75, 3.05) is 14.2 Å². The molecule has 0 aliphatic heterocycles. The van der Waals surface area contributed by atoms with Crippen LogP contribution in [0.1, 0.15) is 20.8 Å². The van der Waals surface area contributed by atoms with Gasteiger partial charge in [-0.15, -0.1) is 11.8 Å². The van der Waals surface area contributed by atoms with E-state index >= 15 is 0 Å². The Bertz CT molecular complexity index is 598. The van der Waals surface area contributed by atoms with Crippen LogP contribution in [0.3, 0.4) is 0 Å². The summed E-state index contributed by atoms with van der Waals surface area (Å²) >= 11 is 1.87. The third-order valence-electron chi connectivity index (χ3n) is 3.00. The maximum atomic E-state index is 5.45. The number of thioether (sulfide) groups is 1. The van der Waals surface area contributed by atoms with Crippen molar-refractivity contribution < 1.29 is 9.47 Å². The Labute approximate surface area is 131 Å². The summed E-state index contributed by atoms with van der Waals surface area (Å²) < 4.78 is 11.0. The van der Waals surface area contributed by atoms with Crippen LogP contribution >= 0.6 is 11.8 Å². The number of benzene rings is 2. The standard InChI is InChI=1S/C18H22O2S/c1-18(2,3)21-15-9-6-13(7-10-15)16-12-14(19-4)8-11-17(16)20-5/h6-12H,1-5H3. The van der Waals surface area contributed by atoms with Crippen LogP contribution in [0, 0.1) is 0 Å². The zero-order chi connectivity index (χ0) is 15.5. The minimum absolute atomic E-state index is 0.217. The first-order chi connectivity index (χ1) is 9.93. The van der Waals surface area contributed by atoms with Crippen molar-refractivity contribution >= 4 is 11.8 Å². The Balaban J connectivity index is 2.34. The fraction of sp³-hybridized carbons (Fsp3) is 0.333. The second-order valence-electron chi connectivity index (χ2n) is 5.81. The molecule has 0 amide bonds. The zero-order valence-electron chi connectivity index (χ0n) is 13.3. The van der Waals surface area contributed by atoms with Crippen molar-refractivity contribution in [1.82, 2.24) is 0 Å². The topological polar surface area (TPSA) is 18.5 Å². The van der Waals surface area contributed by atoms with Gasteiger partial charge in [-0.2, -0.15) is 0 Å². The molecule has 0 unspecified atom stereocenters. The van der Waals surface area contributed by atoms with E-state index in [2.05, 4.69) is 45.0 Å². The monoisotopic (exact) mass is 302 g/mol. The summed E-state index contributed by atoms with van der Waals surface area (Å²) in [6.45, 7) is 6.66. The molecule has 2 aromatic carbocycles. The van der Waals surface area contributed by atoms with Crippen LogP contribution in [0.4, 0.5) is 0 Å². The van der Waals surface area contributed by atoms with Gasteiger partial charge < -0.3 is 9.47 Å². The van der Waals surface area contributed by atoms with Crippen molar-refractivity contribution in [3.63, 3.8) is 0 Å². The van der Waals surface area contributed by atoms with Crippen LogP contribution in [0.2, 0.25) is 0 Å². The molecular weight excluding hydrogens is 280 g/mol. The molecule has 0 N–H and O–H groups in total. The largest absolute Gasteiger partial charge is 0.497 e. The Hall–Kier alpha value is -1.61. The summed E-state index contributed by atoms with van der Waals surface area (Å²) in [5.74, 6) is 1.69. The van der Waals surface area contributed by atoms with E-state index in [9.17, 15) is 0 Å². The molecular formula is C18H22O2S. The van der Waals surface area contributed by atoms with Gasteiger partial charge in [0.15, 0.2) is 0 Å². The third-order valence-corrected chi connectivity index (χ3v) is 4.12. The van der Waals surface area contributed by atoms with E-state index in [0.29, 0.717) is 0 Å². The molecule has 0 aliphatic carbocycles. The van der Waals surface area contributed by atoms with Gasteiger partial charge in [-0.05, 0) is 35.9 Å². The first-order valence-electron chi connectivity index (χ1n) is 6.94. The molecule has 0 atom stereocenters. The molecule has 0 bridgehead atoms. The average molecular weight is 302 g/mol. The predicted octanol–water partition coefficient (Wildman–Crippen LogP) is 5.26. The Morgan fingerprint density at radius 1 is 0.857 bits per heavy atom. The van der Waals surface area contributed by atoms with E-state index < -0.39 is 0 Å². The van der Waals surface area contributed by atoms with Gasteiger partial charge in [-0.1, -0.05) is 32.9 Å². The van der Waals surface area contributed by atoms with Crippen molar-refractivity contribution in [3.8, 4) is 22.6 Å². The van der Waals surface area contributed by atoms with Crippen LogP contribution in [0.15, 0.2) is 47.4 Å². The first kappa shape index (κ1) is 15.8. The normalized spacial score (nSPS) is 11.3. The third kappa shape index (κ3) is 4.18. The van der Waals surface area contributed by atoms with Gasteiger partial charge in [0.05, 0.1) is 14.2 Å². The van der Waals surface area contributed by atoms with E-state index in [1.807, 2.05) is 30.0 Å². The minimum Gasteiger partial charge on any atom is -0.497 e. The molecule has 112 valence electrons. The maximum absolute atomic E-state index is 5.45. The Kier molecular flexibility index (Phi) is 4.84. The fourth-order valence-electron chi connectivity index (χ4n) is 2.10. The molecule has 0 heterocycles. The van der Waals surface area contributed by atoms with Crippen LogP contribution in [-0.2, 0) is 0 Å². The minimum atomic E-state index is 0.217.